The van der Waals surface area contributed by atoms with Gasteiger partial charge in [0, 0.05) is 26.4 Å². The van der Waals surface area contributed by atoms with E-state index >= 15 is 0 Å². The number of nitrogens with zero attached hydrogens (tertiary/aromatic N) is 4. The van der Waals surface area contributed by atoms with Crippen molar-refractivity contribution in [3.05, 3.63) is 64.1 Å². The van der Waals surface area contributed by atoms with E-state index in [0.29, 0.717) is 17.8 Å². The van der Waals surface area contributed by atoms with Crippen LogP contribution in [0.15, 0.2) is 42.9 Å². The lowest BCUT2D eigenvalue weighted by Gasteiger charge is -2.02. The monoisotopic (exact) mass is 327 g/mol. The van der Waals surface area contributed by atoms with Gasteiger partial charge in [0.25, 0.3) is 5.91 Å². The molecule has 1 aromatic carbocycles. The summed E-state index contributed by atoms with van der Waals surface area (Å²) in [5.41, 5.74) is 1.19. The number of amides is 1. The fourth-order valence-electron chi connectivity index (χ4n) is 2.18. The zero-order valence-electron chi connectivity index (χ0n) is 12.8. The molecule has 1 N–H and O–H groups in total. The molecule has 0 aliphatic rings. The highest BCUT2D eigenvalue weighted by Gasteiger charge is 2.11. The van der Waals surface area contributed by atoms with Crippen LogP contribution in [-0.4, -0.2) is 32.2 Å². The first-order chi connectivity index (χ1) is 11.2. The molecule has 0 radical (unpaired) electrons. The molecule has 23 heavy (non-hydrogen) atoms. The Kier molecular flexibility index (Phi) is 4.77. The van der Waals surface area contributed by atoms with Crippen LogP contribution in [0.1, 0.15) is 26.1 Å². The molecule has 0 aliphatic carbocycles. The van der Waals surface area contributed by atoms with Gasteiger partial charge in [-0.3, -0.25) is 4.79 Å². The number of rotatable bonds is 6. The number of nitrogens with one attached hydrogen (secondary N) is 1. The molecule has 2 aromatic heterocycles. The minimum absolute atomic E-state index is 0.0935. The molecule has 0 saturated heterocycles. The van der Waals surface area contributed by atoms with Crippen LogP contribution >= 0.6 is 11.3 Å². The lowest BCUT2D eigenvalue weighted by Crippen LogP contribution is -2.25. The van der Waals surface area contributed by atoms with E-state index in [1.807, 2.05) is 29.8 Å². The van der Waals surface area contributed by atoms with E-state index in [0.717, 1.165) is 17.3 Å². The van der Waals surface area contributed by atoms with Crippen molar-refractivity contribution in [1.82, 2.24) is 25.1 Å². The van der Waals surface area contributed by atoms with Crippen LogP contribution in [0, 0.1) is 0 Å². The third-order valence-corrected chi connectivity index (χ3v) is 4.41. The van der Waals surface area contributed by atoms with E-state index in [1.54, 1.807) is 12.5 Å². The van der Waals surface area contributed by atoms with Gasteiger partial charge in [-0.1, -0.05) is 30.3 Å². The van der Waals surface area contributed by atoms with Gasteiger partial charge < -0.3 is 9.88 Å². The Morgan fingerprint density at radius 1 is 1.30 bits per heavy atom. The van der Waals surface area contributed by atoms with Gasteiger partial charge in [-0.25, -0.2) is 4.98 Å². The van der Waals surface area contributed by atoms with Crippen molar-refractivity contribution >= 4 is 17.2 Å². The summed E-state index contributed by atoms with van der Waals surface area (Å²) in [7, 11) is 1.89. The van der Waals surface area contributed by atoms with Crippen LogP contribution in [0.25, 0.3) is 0 Å². The topological polar surface area (TPSA) is 72.7 Å². The lowest BCUT2D eigenvalue weighted by atomic mass is 10.2. The molecule has 0 saturated carbocycles. The van der Waals surface area contributed by atoms with E-state index in [2.05, 4.69) is 32.6 Å². The minimum atomic E-state index is -0.0935. The second-order valence-electron chi connectivity index (χ2n) is 5.14. The Hall–Kier alpha value is -2.54. The van der Waals surface area contributed by atoms with E-state index in [-0.39, 0.29) is 5.91 Å². The second-order valence-corrected chi connectivity index (χ2v) is 6.26. The molecule has 0 aliphatic heterocycles. The number of hydrogen-bond acceptors (Lipinski definition) is 5. The summed E-state index contributed by atoms with van der Waals surface area (Å²) in [4.78, 5) is 17.1. The maximum atomic E-state index is 12.1. The Morgan fingerprint density at radius 3 is 2.87 bits per heavy atom. The number of thiazole rings is 1. The SMILES string of the molecule is Cn1cnnc1CCNC(=O)c1cnc(Cc2ccccc2)s1. The normalized spacial score (nSPS) is 10.7. The standard InChI is InChI=1S/C16H17N5OS/c1-21-11-19-20-14(21)7-8-17-16(22)13-10-18-15(23-13)9-12-5-3-2-4-6-12/h2-6,10-11H,7-9H2,1H3,(H,17,22). The first-order valence-corrected chi connectivity index (χ1v) is 8.14. The van der Waals surface area contributed by atoms with Crippen molar-refractivity contribution in [3.63, 3.8) is 0 Å². The third kappa shape index (κ3) is 4.01. The number of aryl methyl sites for hydroxylation is 1. The molecular weight excluding hydrogens is 310 g/mol. The van der Waals surface area contributed by atoms with Crippen LogP contribution < -0.4 is 5.32 Å². The maximum Gasteiger partial charge on any atom is 0.263 e. The second kappa shape index (κ2) is 7.15. The first kappa shape index (κ1) is 15.4. The Bertz CT molecular complexity index is 781. The van der Waals surface area contributed by atoms with Crippen molar-refractivity contribution in [1.29, 1.82) is 0 Å². The van der Waals surface area contributed by atoms with Crippen molar-refractivity contribution in [2.24, 2.45) is 7.05 Å². The smallest absolute Gasteiger partial charge is 0.263 e. The number of benzene rings is 1. The van der Waals surface area contributed by atoms with Gasteiger partial charge in [-0.05, 0) is 5.56 Å². The quantitative estimate of drug-likeness (QED) is 0.750. The molecule has 3 aromatic rings. The summed E-state index contributed by atoms with van der Waals surface area (Å²) in [5.74, 6) is 0.753. The van der Waals surface area contributed by atoms with Crippen LogP contribution in [0.5, 0.6) is 0 Å². The molecule has 0 unspecified atom stereocenters. The largest absolute Gasteiger partial charge is 0.351 e. The highest BCUT2D eigenvalue weighted by atomic mass is 32.1. The van der Waals surface area contributed by atoms with Crippen LogP contribution in [0.2, 0.25) is 0 Å². The van der Waals surface area contributed by atoms with Gasteiger partial charge in [0.05, 0.1) is 11.2 Å². The van der Waals surface area contributed by atoms with Crippen molar-refractivity contribution in [3.8, 4) is 0 Å². The van der Waals surface area contributed by atoms with Gasteiger partial charge >= 0.3 is 0 Å². The average Bonchev–Trinajstić information content (AvgIpc) is 3.18. The fraction of sp³-hybridized carbons (Fsp3) is 0.250. The zero-order valence-corrected chi connectivity index (χ0v) is 13.6. The van der Waals surface area contributed by atoms with E-state index in [9.17, 15) is 4.79 Å². The van der Waals surface area contributed by atoms with Gasteiger partial charge in [0.2, 0.25) is 0 Å². The van der Waals surface area contributed by atoms with Gasteiger partial charge in [0.15, 0.2) is 0 Å². The Balaban J connectivity index is 1.53. The van der Waals surface area contributed by atoms with Crippen molar-refractivity contribution in [2.45, 2.75) is 12.8 Å². The summed E-state index contributed by atoms with van der Waals surface area (Å²) >= 11 is 1.43. The third-order valence-electron chi connectivity index (χ3n) is 3.41. The average molecular weight is 327 g/mol. The molecule has 0 fully saturated rings. The molecular formula is C16H17N5OS. The predicted octanol–water partition coefficient (Wildman–Crippen LogP) is 1.83. The predicted molar refractivity (Wildman–Crippen MR) is 88.4 cm³/mol. The molecule has 6 nitrogen and oxygen atoms in total. The van der Waals surface area contributed by atoms with Gasteiger partial charge in [-0.2, -0.15) is 0 Å². The first-order valence-electron chi connectivity index (χ1n) is 7.32. The molecule has 2 heterocycles. The highest BCUT2D eigenvalue weighted by molar-refractivity contribution is 7.13. The minimum Gasteiger partial charge on any atom is -0.351 e. The molecule has 0 bridgehead atoms. The van der Waals surface area contributed by atoms with Crippen LogP contribution in [0.4, 0.5) is 0 Å². The van der Waals surface area contributed by atoms with Crippen LogP contribution in [0.3, 0.4) is 0 Å². The lowest BCUT2D eigenvalue weighted by molar-refractivity contribution is 0.0957. The van der Waals surface area contributed by atoms with Gasteiger partial charge in [-0.15, -0.1) is 21.5 Å². The summed E-state index contributed by atoms with van der Waals surface area (Å²) < 4.78 is 1.84. The zero-order chi connectivity index (χ0) is 16.1. The molecule has 7 heteroatoms. The number of carbonyl (C=O) groups is 1. The van der Waals surface area contributed by atoms with Crippen LogP contribution in [-0.2, 0) is 19.9 Å². The molecule has 0 spiro atoms. The summed E-state index contributed by atoms with van der Waals surface area (Å²) in [6.45, 7) is 0.525. The van der Waals surface area contributed by atoms with Crippen molar-refractivity contribution < 1.29 is 4.79 Å². The highest BCUT2D eigenvalue weighted by Crippen LogP contribution is 2.16. The van der Waals surface area contributed by atoms with Crippen molar-refractivity contribution in [2.75, 3.05) is 6.54 Å². The molecule has 3 rings (SSSR count). The van der Waals surface area contributed by atoms with E-state index in [4.69, 9.17) is 0 Å². The summed E-state index contributed by atoms with van der Waals surface area (Å²) in [5, 5.41) is 11.6. The number of hydrogen-bond donors (Lipinski definition) is 1. The molecule has 0 atom stereocenters. The Morgan fingerprint density at radius 2 is 2.13 bits per heavy atom. The van der Waals surface area contributed by atoms with E-state index in [1.165, 1.54) is 16.9 Å². The molecule has 1 amide bonds. The number of aromatic nitrogens is 4. The van der Waals surface area contributed by atoms with E-state index < -0.39 is 0 Å². The Labute approximate surface area is 138 Å². The summed E-state index contributed by atoms with van der Waals surface area (Å²) in [6.07, 6.45) is 4.69. The molecule has 118 valence electrons. The summed E-state index contributed by atoms with van der Waals surface area (Å²) in [6, 6.07) is 10.1. The maximum absolute atomic E-state index is 12.1. The fourth-order valence-corrected chi connectivity index (χ4v) is 3.04. The van der Waals surface area contributed by atoms with Gasteiger partial charge in [0.1, 0.15) is 17.0 Å². The number of carbonyl (C=O) groups excluding carboxylic acids is 1.